The Labute approximate surface area is 118 Å². The molecule has 0 radical (unpaired) electrons. The molecule has 8 heteroatoms. The number of hydrogen-bond donors (Lipinski definition) is 1. The summed E-state index contributed by atoms with van der Waals surface area (Å²) in [5, 5.41) is 14.1. The average molecular weight is 332 g/mol. The lowest BCUT2D eigenvalue weighted by Crippen LogP contribution is -2.45. The molecule has 19 heavy (non-hydrogen) atoms. The van der Waals surface area contributed by atoms with Crippen LogP contribution in [0.25, 0.3) is 0 Å². The maximum absolute atomic E-state index is 10.9. The van der Waals surface area contributed by atoms with Crippen molar-refractivity contribution in [2.24, 2.45) is 0 Å². The molecule has 104 valence electrons. The van der Waals surface area contributed by atoms with E-state index in [2.05, 4.69) is 26.2 Å². The molecule has 1 aromatic heterocycles. The summed E-state index contributed by atoms with van der Waals surface area (Å²) >= 11 is 3.20. The third kappa shape index (κ3) is 3.62. The number of ether oxygens (including phenoxy) is 2. The van der Waals surface area contributed by atoms with Gasteiger partial charge in [0.2, 0.25) is 5.75 Å². The van der Waals surface area contributed by atoms with Gasteiger partial charge in [0.1, 0.15) is 18.9 Å². The van der Waals surface area contributed by atoms with Gasteiger partial charge in [0.05, 0.1) is 15.5 Å². The first kappa shape index (κ1) is 14.2. The van der Waals surface area contributed by atoms with Crippen molar-refractivity contribution < 1.29 is 14.4 Å². The van der Waals surface area contributed by atoms with E-state index < -0.39 is 4.92 Å². The first-order valence-corrected chi connectivity index (χ1v) is 6.64. The fourth-order valence-corrected chi connectivity index (χ4v) is 2.27. The Bertz CT molecular complexity index is 471. The van der Waals surface area contributed by atoms with Crippen LogP contribution < -0.4 is 10.1 Å². The van der Waals surface area contributed by atoms with E-state index in [0.29, 0.717) is 11.0 Å². The van der Waals surface area contributed by atoms with Crippen LogP contribution in [0.4, 0.5) is 5.69 Å². The molecule has 2 rings (SSSR count). The topological polar surface area (TPSA) is 86.5 Å². The molecule has 1 fully saturated rings. The summed E-state index contributed by atoms with van der Waals surface area (Å²) in [6, 6.07) is 0. The zero-order valence-corrected chi connectivity index (χ0v) is 11.9. The summed E-state index contributed by atoms with van der Waals surface area (Å²) in [7, 11) is 0. The van der Waals surface area contributed by atoms with E-state index in [4.69, 9.17) is 9.47 Å². The Kier molecular flexibility index (Phi) is 4.67. The molecule has 1 saturated heterocycles. The molecule has 2 heterocycles. The van der Waals surface area contributed by atoms with Crippen LogP contribution in [-0.2, 0) is 4.74 Å². The largest absolute Gasteiger partial charge is 0.483 e. The molecule has 7 nitrogen and oxygen atoms in total. The SMILES string of the molecule is CC1CNCC(COc2c(Br)cncc2[N+](=O)[O-])O1. The highest BCUT2D eigenvalue weighted by molar-refractivity contribution is 9.10. The van der Waals surface area contributed by atoms with Gasteiger partial charge in [-0.3, -0.25) is 15.1 Å². The Morgan fingerprint density at radius 1 is 1.63 bits per heavy atom. The number of rotatable bonds is 4. The van der Waals surface area contributed by atoms with Crippen molar-refractivity contribution in [3.8, 4) is 5.75 Å². The molecule has 2 unspecified atom stereocenters. The molecule has 1 aromatic rings. The second-order valence-electron chi connectivity index (χ2n) is 4.26. The Balaban J connectivity index is 2.04. The summed E-state index contributed by atoms with van der Waals surface area (Å²) in [5.41, 5.74) is -0.161. The van der Waals surface area contributed by atoms with E-state index in [1.54, 1.807) is 0 Å². The van der Waals surface area contributed by atoms with Crippen LogP contribution in [0.2, 0.25) is 0 Å². The van der Waals surface area contributed by atoms with E-state index >= 15 is 0 Å². The highest BCUT2D eigenvalue weighted by atomic mass is 79.9. The van der Waals surface area contributed by atoms with Gasteiger partial charge < -0.3 is 14.8 Å². The highest BCUT2D eigenvalue weighted by Gasteiger charge is 2.23. The molecule has 0 saturated carbocycles. The van der Waals surface area contributed by atoms with Gasteiger partial charge in [0.25, 0.3) is 0 Å². The lowest BCUT2D eigenvalue weighted by Gasteiger charge is -2.28. The Morgan fingerprint density at radius 2 is 2.42 bits per heavy atom. The number of hydrogen-bond acceptors (Lipinski definition) is 6. The van der Waals surface area contributed by atoms with Gasteiger partial charge in [-0.25, -0.2) is 0 Å². The fourth-order valence-electron chi connectivity index (χ4n) is 1.83. The number of pyridine rings is 1. The molecule has 1 aliphatic rings. The molecule has 0 aliphatic carbocycles. The summed E-state index contributed by atoms with van der Waals surface area (Å²) in [5.74, 6) is 0.182. The maximum Gasteiger partial charge on any atom is 0.330 e. The second-order valence-corrected chi connectivity index (χ2v) is 5.12. The minimum Gasteiger partial charge on any atom is -0.483 e. The van der Waals surface area contributed by atoms with Gasteiger partial charge in [-0.2, -0.15) is 0 Å². The number of aromatic nitrogens is 1. The first-order valence-electron chi connectivity index (χ1n) is 5.84. The van der Waals surface area contributed by atoms with Gasteiger partial charge in [-0.1, -0.05) is 0 Å². The van der Waals surface area contributed by atoms with Gasteiger partial charge in [0, 0.05) is 19.3 Å². The van der Waals surface area contributed by atoms with E-state index in [1.165, 1.54) is 12.4 Å². The molecular weight excluding hydrogens is 318 g/mol. The van der Waals surface area contributed by atoms with Gasteiger partial charge >= 0.3 is 5.69 Å². The summed E-state index contributed by atoms with van der Waals surface area (Å²) in [4.78, 5) is 14.1. The van der Waals surface area contributed by atoms with Crippen LogP contribution in [0.5, 0.6) is 5.75 Å². The zero-order valence-electron chi connectivity index (χ0n) is 10.3. The number of nitrogens with zero attached hydrogens (tertiary/aromatic N) is 2. The van der Waals surface area contributed by atoms with Crippen molar-refractivity contribution in [2.75, 3.05) is 19.7 Å². The predicted molar refractivity (Wildman–Crippen MR) is 71.3 cm³/mol. The van der Waals surface area contributed by atoms with E-state index in [1.807, 2.05) is 6.92 Å². The molecule has 2 atom stereocenters. The monoisotopic (exact) mass is 331 g/mol. The lowest BCUT2D eigenvalue weighted by molar-refractivity contribution is -0.386. The number of nitro groups is 1. The van der Waals surface area contributed by atoms with Gasteiger partial charge in [-0.05, 0) is 22.9 Å². The summed E-state index contributed by atoms with van der Waals surface area (Å²) in [6.45, 7) is 3.68. The lowest BCUT2D eigenvalue weighted by atomic mass is 10.2. The Hall–Kier alpha value is -1.25. The first-order chi connectivity index (χ1) is 9.08. The van der Waals surface area contributed by atoms with Crippen molar-refractivity contribution in [3.63, 3.8) is 0 Å². The quantitative estimate of drug-likeness (QED) is 0.664. The highest BCUT2D eigenvalue weighted by Crippen LogP contribution is 2.33. The van der Waals surface area contributed by atoms with E-state index in [0.717, 1.165) is 6.54 Å². The number of morpholine rings is 1. The van der Waals surface area contributed by atoms with Crippen molar-refractivity contribution in [3.05, 3.63) is 27.0 Å². The molecule has 0 amide bonds. The van der Waals surface area contributed by atoms with E-state index in [9.17, 15) is 10.1 Å². The van der Waals surface area contributed by atoms with Crippen LogP contribution in [0.3, 0.4) is 0 Å². The second kappa shape index (κ2) is 6.27. The van der Waals surface area contributed by atoms with Crippen molar-refractivity contribution in [1.82, 2.24) is 10.3 Å². The number of halogens is 1. The van der Waals surface area contributed by atoms with Gasteiger partial charge in [0.15, 0.2) is 0 Å². The van der Waals surface area contributed by atoms with Crippen molar-refractivity contribution in [2.45, 2.75) is 19.1 Å². The molecule has 0 spiro atoms. The van der Waals surface area contributed by atoms with Crippen molar-refractivity contribution >= 4 is 21.6 Å². The molecular formula is C11H14BrN3O4. The minimum atomic E-state index is -0.518. The normalized spacial score (nSPS) is 23.1. The van der Waals surface area contributed by atoms with Crippen LogP contribution in [0, 0.1) is 10.1 Å². The summed E-state index contributed by atoms with van der Waals surface area (Å²) in [6.07, 6.45) is 2.62. The van der Waals surface area contributed by atoms with Crippen LogP contribution in [0.1, 0.15) is 6.92 Å². The molecule has 1 N–H and O–H groups in total. The fraction of sp³-hybridized carbons (Fsp3) is 0.545. The third-order valence-electron chi connectivity index (χ3n) is 2.67. The standard InChI is InChI=1S/C11H14BrN3O4/c1-7-2-13-3-8(19-7)6-18-11-9(12)4-14-5-10(11)15(16)17/h4-5,7-8,13H,2-3,6H2,1H3. The predicted octanol–water partition coefficient (Wildman–Crippen LogP) is 1.51. The van der Waals surface area contributed by atoms with Crippen LogP contribution in [-0.4, -0.2) is 41.8 Å². The van der Waals surface area contributed by atoms with Gasteiger partial charge in [-0.15, -0.1) is 0 Å². The molecule has 0 bridgehead atoms. The molecule has 1 aliphatic heterocycles. The van der Waals surface area contributed by atoms with E-state index in [-0.39, 0.29) is 30.3 Å². The number of nitrogens with one attached hydrogen (secondary N) is 1. The minimum absolute atomic E-state index is 0.109. The van der Waals surface area contributed by atoms with Crippen LogP contribution in [0.15, 0.2) is 16.9 Å². The Morgan fingerprint density at radius 3 is 3.11 bits per heavy atom. The summed E-state index contributed by atoms with van der Waals surface area (Å²) < 4.78 is 11.6. The smallest absolute Gasteiger partial charge is 0.330 e. The zero-order chi connectivity index (χ0) is 13.8. The molecule has 0 aromatic carbocycles. The average Bonchev–Trinajstić information content (AvgIpc) is 2.37. The van der Waals surface area contributed by atoms with Crippen molar-refractivity contribution in [1.29, 1.82) is 0 Å². The van der Waals surface area contributed by atoms with Crippen LogP contribution >= 0.6 is 15.9 Å². The third-order valence-corrected chi connectivity index (χ3v) is 3.24. The maximum atomic E-state index is 10.9.